The molecule has 1 aromatic carbocycles. The maximum Gasteiger partial charge on any atom is 0.387 e. The third-order valence-corrected chi connectivity index (χ3v) is 4.57. The van der Waals surface area contributed by atoms with Crippen LogP contribution in [0.5, 0.6) is 5.75 Å². The molecule has 0 saturated heterocycles. The molecule has 28 heavy (non-hydrogen) atoms. The summed E-state index contributed by atoms with van der Waals surface area (Å²) in [7, 11) is 0. The van der Waals surface area contributed by atoms with Crippen molar-refractivity contribution in [2.45, 2.75) is 65.1 Å². The summed E-state index contributed by atoms with van der Waals surface area (Å²) in [6.45, 7) is 1.78. The number of benzene rings is 1. The van der Waals surface area contributed by atoms with Gasteiger partial charge in [0.25, 0.3) is 0 Å². The molecule has 2 rings (SSSR count). The number of carbonyl (C=O) groups is 1. The van der Waals surface area contributed by atoms with Crippen LogP contribution in [0.25, 0.3) is 0 Å². The second-order valence-corrected chi connectivity index (χ2v) is 6.94. The Hall–Kier alpha value is -2.38. The maximum absolute atomic E-state index is 12.6. The highest BCUT2D eigenvalue weighted by molar-refractivity contribution is 5.86. The van der Waals surface area contributed by atoms with Gasteiger partial charge in [-0.05, 0) is 32.8 Å². The number of rotatable bonds is 8. The summed E-state index contributed by atoms with van der Waals surface area (Å²) in [4.78, 5) is 16.6. The SMILES string of the molecule is CCNC(=NCc1cc(C)ccc1OC(F)F)NCC(=O)NC1CCCCC1. The average Bonchev–Trinajstić information content (AvgIpc) is 2.66. The number of guanidine groups is 1. The minimum absolute atomic E-state index is 0.0743. The van der Waals surface area contributed by atoms with E-state index in [4.69, 9.17) is 0 Å². The van der Waals surface area contributed by atoms with Crippen molar-refractivity contribution in [2.75, 3.05) is 13.1 Å². The lowest BCUT2D eigenvalue weighted by Gasteiger charge is -2.23. The summed E-state index contributed by atoms with van der Waals surface area (Å²) >= 11 is 0. The molecule has 0 atom stereocenters. The van der Waals surface area contributed by atoms with Crippen LogP contribution in [0.15, 0.2) is 23.2 Å². The molecule has 1 aliphatic rings. The normalized spacial score (nSPS) is 15.4. The number of aryl methyl sites for hydroxylation is 1. The van der Waals surface area contributed by atoms with Crippen molar-refractivity contribution in [3.63, 3.8) is 0 Å². The molecule has 0 aliphatic heterocycles. The van der Waals surface area contributed by atoms with E-state index in [1.54, 1.807) is 12.1 Å². The first kappa shape index (κ1) is 21.9. The molecular weight excluding hydrogens is 366 g/mol. The molecule has 1 fully saturated rings. The molecule has 0 heterocycles. The smallest absolute Gasteiger partial charge is 0.387 e. The van der Waals surface area contributed by atoms with Gasteiger partial charge in [-0.2, -0.15) is 8.78 Å². The number of carbonyl (C=O) groups excluding carboxylic acids is 1. The molecule has 6 nitrogen and oxygen atoms in total. The highest BCUT2D eigenvalue weighted by Gasteiger charge is 2.16. The Morgan fingerprint density at radius 2 is 2.00 bits per heavy atom. The Morgan fingerprint density at radius 1 is 1.25 bits per heavy atom. The number of hydrogen-bond acceptors (Lipinski definition) is 3. The summed E-state index contributed by atoms with van der Waals surface area (Å²) in [5.74, 6) is 0.482. The van der Waals surface area contributed by atoms with Crippen LogP contribution in [0.1, 0.15) is 50.2 Å². The molecule has 0 spiro atoms. The maximum atomic E-state index is 12.6. The number of amides is 1. The molecule has 0 bridgehead atoms. The van der Waals surface area contributed by atoms with Gasteiger partial charge in [0.05, 0.1) is 13.1 Å². The molecule has 1 aliphatic carbocycles. The standard InChI is InChI=1S/C20H30F2N4O2/c1-3-23-20(25-13-18(27)26-16-7-5-4-6-8-16)24-12-15-11-14(2)9-10-17(15)28-19(21)22/h9-11,16,19H,3-8,12-13H2,1-2H3,(H,26,27)(H2,23,24,25). The monoisotopic (exact) mass is 396 g/mol. The first-order valence-electron chi connectivity index (χ1n) is 9.83. The summed E-state index contributed by atoms with van der Waals surface area (Å²) in [6.07, 6.45) is 5.60. The van der Waals surface area contributed by atoms with Crippen LogP contribution in [-0.2, 0) is 11.3 Å². The molecule has 156 valence electrons. The van der Waals surface area contributed by atoms with Crippen molar-refractivity contribution in [3.05, 3.63) is 29.3 Å². The van der Waals surface area contributed by atoms with E-state index in [9.17, 15) is 13.6 Å². The lowest BCUT2D eigenvalue weighted by molar-refractivity contribution is -0.120. The van der Waals surface area contributed by atoms with Gasteiger partial charge in [0, 0.05) is 18.2 Å². The minimum atomic E-state index is -2.89. The summed E-state index contributed by atoms with van der Waals surface area (Å²) < 4.78 is 29.8. The number of nitrogens with zero attached hydrogens (tertiary/aromatic N) is 1. The number of nitrogens with one attached hydrogen (secondary N) is 3. The lowest BCUT2D eigenvalue weighted by Crippen LogP contribution is -2.46. The molecular formula is C20H30F2N4O2. The van der Waals surface area contributed by atoms with E-state index in [2.05, 4.69) is 25.7 Å². The first-order valence-corrected chi connectivity index (χ1v) is 9.83. The van der Waals surface area contributed by atoms with Crippen LogP contribution in [0.3, 0.4) is 0 Å². The summed E-state index contributed by atoms with van der Waals surface area (Å²) in [5, 5.41) is 9.09. The summed E-state index contributed by atoms with van der Waals surface area (Å²) in [5.41, 5.74) is 1.49. The van der Waals surface area contributed by atoms with Gasteiger partial charge in [0.2, 0.25) is 5.91 Å². The first-order chi connectivity index (χ1) is 13.5. The Bertz CT molecular complexity index is 662. The van der Waals surface area contributed by atoms with Crippen molar-refractivity contribution in [1.29, 1.82) is 0 Å². The van der Waals surface area contributed by atoms with Crippen molar-refractivity contribution < 1.29 is 18.3 Å². The Morgan fingerprint density at radius 3 is 2.68 bits per heavy atom. The Labute approximate surface area is 165 Å². The van der Waals surface area contributed by atoms with Crippen LogP contribution >= 0.6 is 0 Å². The van der Waals surface area contributed by atoms with Gasteiger partial charge in [-0.1, -0.05) is 37.0 Å². The fourth-order valence-corrected chi connectivity index (χ4v) is 3.24. The molecule has 8 heteroatoms. The Balaban J connectivity index is 1.94. The van der Waals surface area contributed by atoms with Crippen LogP contribution in [-0.4, -0.2) is 37.6 Å². The zero-order valence-electron chi connectivity index (χ0n) is 16.6. The van der Waals surface area contributed by atoms with Gasteiger partial charge >= 0.3 is 6.61 Å². The van der Waals surface area contributed by atoms with Crippen molar-refractivity contribution in [2.24, 2.45) is 4.99 Å². The van der Waals surface area contributed by atoms with Crippen molar-refractivity contribution in [1.82, 2.24) is 16.0 Å². The molecule has 1 amide bonds. The highest BCUT2D eigenvalue weighted by Crippen LogP contribution is 2.23. The number of hydrogen-bond donors (Lipinski definition) is 3. The quantitative estimate of drug-likeness (QED) is 0.466. The molecule has 1 saturated carbocycles. The molecule has 0 radical (unpaired) electrons. The van der Waals surface area contributed by atoms with Gasteiger partial charge in [-0.3, -0.25) is 4.79 Å². The van der Waals surface area contributed by atoms with Crippen molar-refractivity contribution >= 4 is 11.9 Å². The number of ether oxygens (including phenoxy) is 1. The molecule has 0 unspecified atom stereocenters. The third-order valence-electron chi connectivity index (χ3n) is 4.57. The lowest BCUT2D eigenvalue weighted by atomic mass is 9.95. The van der Waals surface area contributed by atoms with E-state index in [1.807, 2.05) is 13.8 Å². The number of alkyl halides is 2. The molecule has 3 N–H and O–H groups in total. The minimum Gasteiger partial charge on any atom is -0.434 e. The number of aliphatic imine (C=N–C) groups is 1. The molecule has 1 aromatic rings. The van der Waals surface area contributed by atoms with Gasteiger partial charge in [0.15, 0.2) is 5.96 Å². The zero-order chi connectivity index (χ0) is 20.4. The van der Waals surface area contributed by atoms with E-state index in [1.165, 1.54) is 12.5 Å². The van der Waals surface area contributed by atoms with E-state index in [0.717, 1.165) is 31.2 Å². The van der Waals surface area contributed by atoms with E-state index in [0.29, 0.717) is 18.1 Å². The average molecular weight is 396 g/mol. The van der Waals surface area contributed by atoms with E-state index < -0.39 is 6.61 Å². The van der Waals surface area contributed by atoms with E-state index >= 15 is 0 Å². The highest BCUT2D eigenvalue weighted by atomic mass is 19.3. The fraction of sp³-hybridized carbons (Fsp3) is 0.600. The van der Waals surface area contributed by atoms with Crippen LogP contribution in [0, 0.1) is 6.92 Å². The van der Waals surface area contributed by atoms with E-state index in [-0.39, 0.29) is 30.8 Å². The molecule has 0 aromatic heterocycles. The van der Waals surface area contributed by atoms with Crippen LogP contribution in [0.4, 0.5) is 8.78 Å². The second-order valence-electron chi connectivity index (χ2n) is 6.94. The fourth-order valence-electron chi connectivity index (χ4n) is 3.24. The summed E-state index contributed by atoms with van der Waals surface area (Å²) in [6, 6.07) is 5.25. The van der Waals surface area contributed by atoms with Crippen LogP contribution < -0.4 is 20.7 Å². The van der Waals surface area contributed by atoms with Crippen molar-refractivity contribution in [3.8, 4) is 5.75 Å². The topological polar surface area (TPSA) is 74.8 Å². The van der Waals surface area contributed by atoms with Crippen LogP contribution in [0.2, 0.25) is 0 Å². The second kappa shape index (κ2) is 11.5. The predicted octanol–water partition coefficient (Wildman–Crippen LogP) is 3.10. The zero-order valence-corrected chi connectivity index (χ0v) is 16.6. The third kappa shape index (κ3) is 7.70. The largest absolute Gasteiger partial charge is 0.434 e. The number of halogens is 2. The van der Waals surface area contributed by atoms with Gasteiger partial charge in [-0.15, -0.1) is 0 Å². The van der Waals surface area contributed by atoms with Gasteiger partial charge < -0.3 is 20.7 Å². The van der Waals surface area contributed by atoms with Gasteiger partial charge in [-0.25, -0.2) is 4.99 Å². The van der Waals surface area contributed by atoms with Gasteiger partial charge in [0.1, 0.15) is 5.75 Å². The predicted molar refractivity (Wildman–Crippen MR) is 106 cm³/mol. The Kier molecular flexibility index (Phi) is 8.97.